The standard InChI is InChI=1S/C19H23N5O5/c1-11(17(25)20-9-12-6-7-13(28-4)14(8-12)29-5)24-10-21-16-15(24)18(26)23(3)19(27)22(16)2/h6-8,10-11H,9H2,1-5H3,(H,20,25). The monoisotopic (exact) mass is 401 g/mol. The van der Waals surface area contributed by atoms with Gasteiger partial charge >= 0.3 is 5.69 Å². The van der Waals surface area contributed by atoms with Gasteiger partial charge in [-0.25, -0.2) is 9.78 Å². The SMILES string of the molecule is COc1ccc(CNC(=O)C(C)n2cnc3c2c(=O)n(C)c(=O)n3C)cc1OC. The maximum absolute atomic E-state index is 12.7. The van der Waals surface area contributed by atoms with Crippen LogP contribution < -0.4 is 26.0 Å². The first-order valence-corrected chi connectivity index (χ1v) is 8.91. The van der Waals surface area contributed by atoms with E-state index in [1.165, 1.54) is 29.6 Å². The Bertz CT molecular complexity index is 1190. The van der Waals surface area contributed by atoms with Crippen molar-refractivity contribution >= 4 is 17.1 Å². The number of carbonyl (C=O) groups excluding carboxylic acids is 1. The Kier molecular flexibility index (Phi) is 5.44. The maximum Gasteiger partial charge on any atom is 0.332 e. The van der Waals surface area contributed by atoms with Gasteiger partial charge in [-0.05, 0) is 24.6 Å². The van der Waals surface area contributed by atoms with Crippen LogP contribution in [-0.2, 0) is 25.4 Å². The lowest BCUT2D eigenvalue weighted by Gasteiger charge is -2.15. The summed E-state index contributed by atoms with van der Waals surface area (Å²) in [6, 6.07) is 4.66. The number of carbonyl (C=O) groups is 1. The summed E-state index contributed by atoms with van der Waals surface area (Å²) in [7, 11) is 6.02. The van der Waals surface area contributed by atoms with Crippen molar-refractivity contribution in [2.45, 2.75) is 19.5 Å². The molecule has 3 aromatic rings. The van der Waals surface area contributed by atoms with Crippen LogP contribution >= 0.6 is 0 Å². The Morgan fingerprint density at radius 3 is 2.48 bits per heavy atom. The second-order valence-corrected chi connectivity index (χ2v) is 6.61. The summed E-state index contributed by atoms with van der Waals surface area (Å²) in [5.74, 6) is 0.870. The lowest BCUT2D eigenvalue weighted by molar-refractivity contribution is -0.123. The predicted octanol–water partition coefficient (Wildman–Crippen LogP) is 0.328. The molecule has 0 saturated carbocycles. The molecule has 0 fully saturated rings. The van der Waals surface area contributed by atoms with Gasteiger partial charge in [0.25, 0.3) is 5.56 Å². The Morgan fingerprint density at radius 1 is 1.14 bits per heavy atom. The summed E-state index contributed by atoms with van der Waals surface area (Å²) in [5, 5.41) is 2.84. The van der Waals surface area contributed by atoms with Gasteiger partial charge in [-0.15, -0.1) is 0 Å². The van der Waals surface area contributed by atoms with Gasteiger partial charge < -0.3 is 19.4 Å². The molecule has 0 saturated heterocycles. The van der Waals surface area contributed by atoms with Gasteiger partial charge in [-0.3, -0.25) is 18.7 Å². The van der Waals surface area contributed by atoms with E-state index in [1.807, 2.05) is 6.07 Å². The molecule has 0 aliphatic carbocycles. The van der Waals surface area contributed by atoms with Crippen LogP contribution in [0, 0.1) is 0 Å². The van der Waals surface area contributed by atoms with Crippen molar-refractivity contribution in [1.82, 2.24) is 24.0 Å². The number of nitrogens with zero attached hydrogens (tertiary/aromatic N) is 4. The average Bonchev–Trinajstić information content (AvgIpc) is 3.18. The van der Waals surface area contributed by atoms with E-state index in [0.717, 1.165) is 10.1 Å². The molecule has 1 amide bonds. The number of hydrogen-bond donors (Lipinski definition) is 1. The number of rotatable bonds is 6. The minimum atomic E-state index is -0.703. The van der Waals surface area contributed by atoms with Crippen molar-refractivity contribution in [3.63, 3.8) is 0 Å². The van der Waals surface area contributed by atoms with Crippen LogP contribution in [0.25, 0.3) is 11.2 Å². The first kappa shape index (κ1) is 20.2. The Hall–Kier alpha value is -3.56. The third-order valence-electron chi connectivity index (χ3n) is 4.88. The minimum absolute atomic E-state index is 0.198. The van der Waals surface area contributed by atoms with E-state index in [-0.39, 0.29) is 23.6 Å². The zero-order valence-corrected chi connectivity index (χ0v) is 16.9. The molecule has 2 heterocycles. The molecular formula is C19H23N5O5. The number of aryl methyl sites for hydroxylation is 1. The molecule has 0 aliphatic rings. The van der Waals surface area contributed by atoms with Crippen LogP contribution in [-0.4, -0.2) is 38.8 Å². The predicted molar refractivity (Wildman–Crippen MR) is 106 cm³/mol. The Balaban J connectivity index is 1.85. The number of methoxy groups -OCH3 is 2. The molecule has 29 heavy (non-hydrogen) atoms. The maximum atomic E-state index is 12.7. The van der Waals surface area contributed by atoms with E-state index in [1.54, 1.807) is 33.3 Å². The fourth-order valence-electron chi connectivity index (χ4n) is 3.11. The molecular weight excluding hydrogens is 378 g/mol. The Morgan fingerprint density at radius 2 is 1.83 bits per heavy atom. The van der Waals surface area contributed by atoms with Gasteiger partial charge in [-0.1, -0.05) is 6.07 Å². The topological polar surface area (TPSA) is 109 Å². The van der Waals surface area contributed by atoms with Crippen molar-refractivity contribution in [1.29, 1.82) is 0 Å². The van der Waals surface area contributed by atoms with Crippen LogP contribution in [0.5, 0.6) is 11.5 Å². The number of ether oxygens (including phenoxy) is 2. The van der Waals surface area contributed by atoms with E-state index in [4.69, 9.17) is 9.47 Å². The van der Waals surface area contributed by atoms with Gasteiger partial charge in [0.2, 0.25) is 5.91 Å². The highest BCUT2D eigenvalue weighted by Gasteiger charge is 2.21. The number of nitrogens with one attached hydrogen (secondary N) is 1. The highest BCUT2D eigenvalue weighted by atomic mass is 16.5. The van der Waals surface area contributed by atoms with E-state index in [0.29, 0.717) is 11.5 Å². The molecule has 3 rings (SSSR count). The lowest BCUT2D eigenvalue weighted by atomic mass is 10.2. The van der Waals surface area contributed by atoms with Gasteiger partial charge in [0.1, 0.15) is 6.04 Å². The Labute approximate surface area is 166 Å². The first-order valence-electron chi connectivity index (χ1n) is 8.91. The molecule has 0 radical (unpaired) electrons. The van der Waals surface area contributed by atoms with Crippen LogP contribution in [0.4, 0.5) is 0 Å². The number of imidazole rings is 1. The highest BCUT2D eigenvalue weighted by molar-refractivity contribution is 5.82. The largest absolute Gasteiger partial charge is 0.493 e. The third-order valence-corrected chi connectivity index (χ3v) is 4.88. The summed E-state index contributed by atoms with van der Waals surface area (Å²) >= 11 is 0. The summed E-state index contributed by atoms with van der Waals surface area (Å²) < 4.78 is 14.2. The molecule has 0 bridgehead atoms. The summed E-state index contributed by atoms with van der Waals surface area (Å²) in [6.45, 7) is 1.93. The highest BCUT2D eigenvalue weighted by Crippen LogP contribution is 2.27. The number of amides is 1. The molecule has 1 N–H and O–H groups in total. The van der Waals surface area contributed by atoms with Crippen molar-refractivity contribution in [3.8, 4) is 11.5 Å². The van der Waals surface area contributed by atoms with Crippen molar-refractivity contribution in [2.24, 2.45) is 14.1 Å². The van der Waals surface area contributed by atoms with Gasteiger partial charge in [0.15, 0.2) is 22.7 Å². The van der Waals surface area contributed by atoms with Crippen LogP contribution in [0.3, 0.4) is 0 Å². The van der Waals surface area contributed by atoms with Crippen molar-refractivity contribution in [2.75, 3.05) is 14.2 Å². The third kappa shape index (κ3) is 3.48. The normalized spacial score (nSPS) is 12.0. The lowest BCUT2D eigenvalue weighted by Crippen LogP contribution is -2.38. The molecule has 0 spiro atoms. The van der Waals surface area contributed by atoms with E-state index < -0.39 is 17.3 Å². The fraction of sp³-hybridized carbons (Fsp3) is 0.368. The minimum Gasteiger partial charge on any atom is -0.493 e. The van der Waals surface area contributed by atoms with Crippen LogP contribution in [0.15, 0.2) is 34.1 Å². The smallest absolute Gasteiger partial charge is 0.332 e. The molecule has 10 heteroatoms. The molecule has 0 aliphatic heterocycles. The number of hydrogen-bond acceptors (Lipinski definition) is 6. The molecule has 1 aromatic carbocycles. The van der Waals surface area contributed by atoms with Crippen molar-refractivity contribution in [3.05, 3.63) is 50.9 Å². The first-order chi connectivity index (χ1) is 13.8. The van der Waals surface area contributed by atoms with Gasteiger partial charge in [-0.2, -0.15) is 0 Å². The van der Waals surface area contributed by atoms with Crippen LogP contribution in [0.1, 0.15) is 18.5 Å². The molecule has 1 unspecified atom stereocenters. The van der Waals surface area contributed by atoms with E-state index in [2.05, 4.69) is 10.3 Å². The average molecular weight is 401 g/mol. The van der Waals surface area contributed by atoms with E-state index in [9.17, 15) is 14.4 Å². The molecule has 2 aromatic heterocycles. The zero-order chi connectivity index (χ0) is 21.3. The summed E-state index contributed by atoms with van der Waals surface area (Å²) in [6.07, 6.45) is 1.40. The number of fused-ring (bicyclic) bond motifs is 1. The van der Waals surface area contributed by atoms with E-state index >= 15 is 0 Å². The number of aromatic nitrogens is 4. The molecule has 154 valence electrons. The fourth-order valence-corrected chi connectivity index (χ4v) is 3.11. The van der Waals surface area contributed by atoms with Crippen molar-refractivity contribution < 1.29 is 14.3 Å². The van der Waals surface area contributed by atoms with Gasteiger partial charge in [0.05, 0.1) is 20.5 Å². The summed E-state index contributed by atoms with van der Waals surface area (Å²) in [5.41, 5.74) is 0.288. The zero-order valence-electron chi connectivity index (χ0n) is 16.9. The number of benzene rings is 1. The second kappa shape index (κ2) is 7.82. The van der Waals surface area contributed by atoms with Crippen LogP contribution in [0.2, 0.25) is 0 Å². The van der Waals surface area contributed by atoms with Gasteiger partial charge in [0, 0.05) is 20.6 Å². The second-order valence-electron chi connectivity index (χ2n) is 6.61. The summed E-state index contributed by atoms with van der Waals surface area (Å²) in [4.78, 5) is 41.4. The molecule has 1 atom stereocenters. The quantitative estimate of drug-likeness (QED) is 0.637. The molecule has 10 nitrogen and oxygen atoms in total.